The molecule has 0 aliphatic carbocycles. The minimum absolute atomic E-state index is 0.153. The van der Waals surface area contributed by atoms with Gasteiger partial charge in [0, 0.05) is 31.0 Å². The van der Waals surface area contributed by atoms with Gasteiger partial charge in [0.15, 0.2) is 0 Å². The average Bonchev–Trinajstić information content (AvgIpc) is 2.84. The summed E-state index contributed by atoms with van der Waals surface area (Å²) in [5, 5.41) is 0. The predicted molar refractivity (Wildman–Crippen MR) is 89.9 cm³/mol. The second-order valence-electron chi connectivity index (χ2n) is 7.33. The van der Waals surface area contributed by atoms with Gasteiger partial charge in [0.25, 0.3) is 0 Å². The standard InChI is InChI=1S/C16H31N3OS/c1-18-6-3-7-19(2)14(11-18)15(17)13-4-8-20-16(10-13)5-9-21-12-16/h13-15H,3-12,17H2,1-2H3. The summed E-state index contributed by atoms with van der Waals surface area (Å²) in [7, 11) is 4.49. The highest BCUT2D eigenvalue weighted by molar-refractivity contribution is 7.99. The van der Waals surface area contributed by atoms with E-state index in [0.29, 0.717) is 12.0 Å². The van der Waals surface area contributed by atoms with Crippen LogP contribution in [0.2, 0.25) is 0 Å². The van der Waals surface area contributed by atoms with Gasteiger partial charge in [-0.2, -0.15) is 11.8 Å². The quantitative estimate of drug-likeness (QED) is 0.831. The molecule has 0 saturated carbocycles. The first-order valence-electron chi connectivity index (χ1n) is 8.46. The Hall–Kier alpha value is 0.190. The Bertz CT molecular complexity index is 348. The van der Waals surface area contributed by atoms with Gasteiger partial charge in [-0.15, -0.1) is 0 Å². The molecule has 0 aromatic carbocycles. The summed E-state index contributed by atoms with van der Waals surface area (Å²) in [6, 6.07) is 0.772. The van der Waals surface area contributed by atoms with Crippen LogP contribution < -0.4 is 5.73 Å². The predicted octanol–water partition coefficient (Wildman–Crippen LogP) is 1.25. The van der Waals surface area contributed by atoms with Crippen molar-refractivity contribution in [3.8, 4) is 0 Å². The number of thioether (sulfide) groups is 1. The van der Waals surface area contributed by atoms with Crippen LogP contribution in [0.15, 0.2) is 0 Å². The Morgan fingerprint density at radius 2 is 2.19 bits per heavy atom. The lowest BCUT2D eigenvalue weighted by molar-refractivity contribution is -0.0871. The fraction of sp³-hybridized carbons (Fsp3) is 1.00. The molecule has 0 aromatic rings. The summed E-state index contributed by atoms with van der Waals surface area (Å²) in [5.74, 6) is 3.06. The number of likely N-dealkylation sites (N-methyl/N-ethyl adjacent to an activating group) is 2. The zero-order valence-electron chi connectivity index (χ0n) is 13.6. The Labute approximate surface area is 133 Å². The van der Waals surface area contributed by atoms with E-state index in [1.54, 1.807) is 0 Å². The molecule has 0 bridgehead atoms. The molecule has 21 heavy (non-hydrogen) atoms. The van der Waals surface area contributed by atoms with Crippen LogP contribution in [-0.4, -0.2) is 79.3 Å². The lowest BCUT2D eigenvalue weighted by Crippen LogP contribution is -2.56. The molecule has 3 aliphatic rings. The van der Waals surface area contributed by atoms with Gasteiger partial charge in [-0.1, -0.05) is 0 Å². The maximum absolute atomic E-state index is 6.77. The maximum atomic E-state index is 6.77. The highest BCUT2D eigenvalue weighted by atomic mass is 32.2. The van der Waals surface area contributed by atoms with Gasteiger partial charge in [-0.05, 0) is 64.5 Å². The minimum atomic E-state index is 0.153. The summed E-state index contributed by atoms with van der Waals surface area (Å²) in [6.45, 7) is 4.39. The van der Waals surface area contributed by atoms with E-state index in [-0.39, 0.29) is 11.6 Å². The van der Waals surface area contributed by atoms with Gasteiger partial charge in [-0.3, -0.25) is 0 Å². The third-order valence-electron chi connectivity index (χ3n) is 5.70. The number of rotatable bonds is 2. The van der Waals surface area contributed by atoms with Crippen LogP contribution in [0.1, 0.15) is 25.7 Å². The normalized spacial score (nSPS) is 41.3. The molecule has 0 amide bonds. The number of nitrogens with zero attached hydrogens (tertiary/aromatic N) is 2. The van der Waals surface area contributed by atoms with E-state index >= 15 is 0 Å². The Morgan fingerprint density at radius 3 is 2.95 bits per heavy atom. The molecule has 3 saturated heterocycles. The van der Waals surface area contributed by atoms with Crippen molar-refractivity contribution in [1.29, 1.82) is 0 Å². The SMILES string of the molecule is CN1CCCN(C)C(C(N)C2CCOC3(CCSC3)C2)C1. The van der Waals surface area contributed by atoms with Gasteiger partial charge in [0.1, 0.15) is 0 Å². The van der Waals surface area contributed by atoms with E-state index in [4.69, 9.17) is 10.5 Å². The van der Waals surface area contributed by atoms with Crippen LogP contribution in [-0.2, 0) is 4.74 Å². The van der Waals surface area contributed by atoms with Crippen molar-refractivity contribution in [2.24, 2.45) is 11.7 Å². The highest BCUT2D eigenvalue weighted by Crippen LogP contribution is 2.41. The fourth-order valence-electron chi connectivity index (χ4n) is 4.29. The number of hydrogen-bond donors (Lipinski definition) is 1. The topological polar surface area (TPSA) is 41.7 Å². The summed E-state index contributed by atoms with van der Waals surface area (Å²) in [5.41, 5.74) is 6.92. The first kappa shape index (κ1) is 16.1. The van der Waals surface area contributed by atoms with E-state index in [1.165, 1.54) is 43.9 Å². The Balaban J connectivity index is 1.66. The molecule has 3 rings (SSSR count). The second kappa shape index (κ2) is 6.75. The van der Waals surface area contributed by atoms with Crippen LogP contribution in [0.5, 0.6) is 0 Å². The summed E-state index contributed by atoms with van der Waals surface area (Å²) < 4.78 is 6.17. The molecule has 3 aliphatic heterocycles. The molecular formula is C16H31N3OS. The Morgan fingerprint density at radius 1 is 1.33 bits per heavy atom. The molecule has 5 heteroatoms. The summed E-state index contributed by atoms with van der Waals surface area (Å²) >= 11 is 2.05. The number of ether oxygens (including phenoxy) is 1. The summed E-state index contributed by atoms with van der Waals surface area (Å²) in [4.78, 5) is 4.95. The molecule has 4 unspecified atom stereocenters. The van der Waals surface area contributed by atoms with Crippen LogP contribution in [0, 0.1) is 5.92 Å². The van der Waals surface area contributed by atoms with E-state index in [9.17, 15) is 0 Å². The summed E-state index contributed by atoms with van der Waals surface area (Å²) in [6.07, 6.45) is 4.79. The van der Waals surface area contributed by atoms with Crippen molar-refractivity contribution >= 4 is 11.8 Å². The highest BCUT2D eigenvalue weighted by Gasteiger charge is 2.43. The average molecular weight is 314 g/mol. The van der Waals surface area contributed by atoms with Crippen LogP contribution in [0.25, 0.3) is 0 Å². The monoisotopic (exact) mass is 313 g/mol. The first-order valence-corrected chi connectivity index (χ1v) is 9.61. The number of hydrogen-bond acceptors (Lipinski definition) is 5. The lowest BCUT2D eigenvalue weighted by Gasteiger charge is -2.43. The molecule has 4 nitrogen and oxygen atoms in total. The van der Waals surface area contributed by atoms with Crippen molar-refractivity contribution in [3.63, 3.8) is 0 Å². The van der Waals surface area contributed by atoms with Crippen molar-refractivity contribution < 1.29 is 4.74 Å². The van der Waals surface area contributed by atoms with E-state index < -0.39 is 0 Å². The lowest BCUT2D eigenvalue weighted by atomic mass is 9.79. The van der Waals surface area contributed by atoms with Gasteiger partial charge in [-0.25, -0.2) is 0 Å². The molecule has 0 radical (unpaired) electrons. The van der Waals surface area contributed by atoms with Gasteiger partial charge >= 0.3 is 0 Å². The van der Waals surface area contributed by atoms with Crippen molar-refractivity contribution in [2.75, 3.05) is 51.8 Å². The third kappa shape index (κ3) is 3.58. The van der Waals surface area contributed by atoms with E-state index in [1.807, 2.05) is 11.8 Å². The third-order valence-corrected chi connectivity index (χ3v) is 6.93. The Kier molecular flexibility index (Phi) is 5.16. The first-order chi connectivity index (χ1) is 10.1. The van der Waals surface area contributed by atoms with Gasteiger partial charge < -0.3 is 20.3 Å². The largest absolute Gasteiger partial charge is 0.374 e. The van der Waals surface area contributed by atoms with Crippen LogP contribution in [0.3, 0.4) is 0 Å². The molecule has 1 spiro atoms. The molecule has 0 aromatic heterocycles. The zero-order valence-corrected chi connectivity index (χ0v) is 14.4. The van der Waals surface area contributed by atoms with E-state index in [0.717, 1.165) is 19.6 Å². The van der Waals surface area contributed by atoms with E-state index in [2.05, 4.69) is 23.9 Å². The van der Waals surface area contributed by atoms with Crippen molar-refractivity contribution in [1.82, 2.24) is 9.80 Å². The fourth-order valence-corrected chi connectivity index (χ4v) is 5.67. The number of nitrogens with two attached hydrogens (primary N) is 1. The molecular weight excluding hydrogens is 282 g/mol. The zero-order chi connectivity index (χ0) is 14.9. The molecule has 122 valence electrons. The van der Waals surface area contributed by atoms with Crippen LogP contribution >= 0.6 is 11.8 Å². The second-order valence-corrected chi connectivity index (χ2v) is 8.43. The van der Waals surface area contributed by atoms with Crippen molar-refractivity contribution in [2.45, 2.75) is 43.4 Å². The molecule has 2 N–H and O–H groups in total. The smallest absolute Gasteiger partial charge is 0.0783 e. The van der Waals surface area contributed by atoms with Gasteiger partial charge in [0.2, 0.25) is 0 Å². The molecule has 4 atom stereocenters. The molecule has 3 fully saturated rings. The van der Waals surface area contributed by atoms with Crippen LogP contribution in [0.4, 0.5) is 0 Å². The van der Waals surface area contributed by atoms with Crippen molar-refractivity contribution in [3.05, 3.63) is 0 Å². The van der Waals surface area contributed by atoms with Gasteiger partial charge in [0.05, 0.1) is 5.60 Å². The maximum Gasteiger partial charge on any atom is 0.0783 e. The minimum Gasteiger partial charge on any atom is -0.374 e. The molecule has 3 heterocycles.